The van der Waals surface area contributed by atoms with Crippen molar-refractivity contribution in [1.29, 1.82) is 10.5 Å². The lowest BCUT2D eigenvalue weighted by atomic mass is 10.2. The lowest BCUT2D eigenvalue weighted by Crippen LogP contribution is -2.29. The standard InChI is InChI=1S/C19H21N7OS/c1-2-11-24-17(27)15-7-3-4-8-16(15)26-18(24)22-25(19(26)28)14-23(12-5-9-20)13-6-10-21/h3-4,7-8H,2,5-6,11-14H2,1H3. The minimum atomic E-state index is -0.0806. The number of hydrogen-bond acceptors (Lipinski definition) is 6. The van der Waals surface area contributed by atoms with Gasteiger partial charge in [0.1, 0.15) is 0 Å². The predicted molar refractivity (Wildman–Crippen MR) is 108 cm³/mol. The van der Waals surface area contributed by atoms with Crippen molar-refractivity contribution in [1.82, 2.24) is 23.6 Å². The van der Waals surface area contributed by atoms with Crippen molar-refractivity contribution >= 4 is 28.9 Å². The monoisotopic (exact) mass is 395 g/mol. The van der Waals surface area contributed by atoms with Gasteiger partial charge in [0.2, 0.25) is 10.5 Å². The van der Waals surface area contributed by atoms with Gasteiger partial charge in [-0.3, -0.25) is 18.7 Å². The molecule has 0 amide bonds. The zero-order chi connectivity index (χ0) is 20.1. The van der Waals surface area contributed by atoms with E-state index in [0.717, 1.165) is 11.9 Å². The van der Waals surface area contributed by atoms with Gasteiger partial charge < -0.3 is 0 Å². The third-order valence-electron chi connectivity index (χ3n) is 4.55. The molecule has 0 unspecified atom stereocenters. The van der Waals surface area contributed by atoms with Crippen LogP contribution < -0.4 is 5.56 Å². The Kier molecular flexibility index (Phi) is 6.19. The molecule has 9 heteroatoms. The summed E-state index contributed by atoms with van der Waals surface area (Å²) in [6.07, 6.45) is 1.51. The predicted octanol–water partition coefficient (Wildman–Crippen LogP) is 2.68. The molecule has 0 spiro atoms. The first-order valence-electron chi connectivity index (χ1n) is 9.19. The second kappa shape index (κ2) is 8.79. The van der Waals surface area contributed by atoms with Crippen molar-refractivity contribution < 1.29 is 0 Å². The number of aromatic nitrogens is 4. The molecule has 3 aromatic rings. The van der Waals surface area contributed by atoms with Gasteiger partial charge in [0, 0.05) is 32.5 Å². The van der Waals surface area contributed by atoms with Crippen LogP contribution in [-0.4, -0.2) is 36.7 Å². The number of rotatable bonds is 8. The van der Waals surface area contributed by atoms with Crippen molar-refractivity contribution in [2.45, 2.75) is 39.4 Å². The lowest BCUT2D eigenvalue weighted by molar-refractivity contribution is 0.214. The van der Waals surface area contributed by atoms with Gasteiger partial charge in [0.15, 0.2) is 0 Å². The minimum Gasteiger partial charge on any atom is -0.282 e. The maximum Gasteiger partial charge on any atom is 0.262 e. The van der Waals surface area contributed by atoms with Crippen LogP contribution in [-0.2, 0) is 13.2 Å². The molecule has 8 nitrogen and oxygen atoms in total. The SMILES string of the molecule is CCCn1c(=O)c2ccccc2n2c(=S)n(CN(CCC#N)CCC#N)nc12. The molecule has 28 heavy (non-hydrogen) atoms. The van der Waals surface area contributed by atoms with Crippen LogP contribution in [0.5, 0.6) is 0 Å². The van der Waals surface area contributed by atoms with Crippen LogP contribution in [0.15, 0.2) is 29.1 Å². The van der Waals surface area contributed by atoms with Gasteiger partial charge in [-0.15, -0.1) is 5.10 Å². The smallest absolute Gasteiger partial charge is 0.262 e. The van der Waals surface area contributed by atoms with E-state index in [-0.39, 0.29) is 5.56 Å². The molecule has 0 aliphatic carbocycles. The summed E-state index contributed by atoms with van der Waals surface area (Å²) in [5.41, 5.74) is 0.648. The molecule has 1 aromatic carbocycles. The van der Waals surface area contributed by atoms with Gasteiger partial charge in [0.05, 0.1) is 29.7 Å². The zero-order valence-electron chi connectivity index (χ0n) is 15.7. The fraction of sp³-hybridized carbons (Fsp3) is 0.421. The van der Waals surface area contributed by atoms with Crippen LogP contribution in [0.3, 0.4) is 0 Å². The molecule has 0 bridgehead atoms. The fourth-order valence-corrected chi connectivity index (χ4v) is 3.52. The number of nitrogens with zero attached hydrogens (tertiary/aromatic N) is 7. The summed E-state index contributed by atoms with van der Waals surface area (Å²) in [6.45, 7) is 3.96. The zero-order valence-corrected chi connectivity index (χ0v) is 16.5. The van der Waals surface area contributed by atoms with Gasteiger partial charge in [-0.05, 0) is 30.8 Å². The van der Waals surface area contributed by atoms with E-state index in [2.05, 4.69) is 17.2 Å². The Labute approximate surface area is 167 Å². The quantitative estimate of drug-likeness (QED) is 0.544. The van der Waals surface area contributed by atoms with Crippen molar-refractivity contribution in [3.8, 4) is 12.1 Å². The van der Waals surface area contributed by atoms with E-state index < -0.39 is 0 Å². The molecule has 0 aliphatic heterocycles. The average molecular weight is 395 g/mol. The molecular formula is C19H21N7OS. The van der Waals surface area contributed by atoms with Gasteiger partial charge in [0.25, 0.3) is 5.56 Å². The van der Waals surface area contributed by atoms with Gasteiger partial charge in [-0.1, -0.05) is 19.1 Å². The number of para-hydroxylation sites is 1. The van der Waals surface area contributed by atoms with Crippen LogP contribution in [0.4, 0.5) is 0 Å². The van der Waals surface area contributed by atoms with Crippen LogP contribution >= 0.6 is 12.2 Å². The lowest BCUT2D eigenvalue weighted by Gasteiger charge is -2.19. The Hall–Kier alpha value is -3.01. The normalized spacial score (nSPS) is 11.1. The molecule has 0 radical (unpaired) electrons. The van der Waals surface area contributed by atoms with E-state index in [9.17, 15) is 4.79 Å². The third-order valence-corrected chi connectivity index (χ3v) is 4.94. The fourth-order valence-electron chi connectivity index (χ4n) is 3.24. The van der Waals surface area contributed by atoms with Crippen molar-refractivity contribution in [2.75, 3.05) is 13.1 Å². The van der Waals surface area contributed by atoms with E-state index in [1.54, 1.807) is 15.3 Å². The average Bonchev–Trinajstić information content (AvgIpc) is 3.03. The maximum atomic E-state index is 12.9. The maximum absolute atomic E-state index is 12.9. The minimum absolute atomic E-state index is 0.0806. The van der Waals surface area contributed by atoms with E-state index in [0.29, 0.717) is 55.1 Å². The topological polar surface area (TPSA) is 95.0 Å². The van der Waals surface area contributed by atoms with Gasteiger partial charge in [-0.25, -0.2) is 4.68 Å². The number of benzene rings is 1. The molecule has 144 valence electrons. The van der Waals surface area contributed by atoms with E-state index >= 15 is 0 Å². The van der Waals surface area contributed by atoms with Crippen molar-refractivity contribution in [3.63, 3.8) is 0 Å². The summed E-state index contributed by atoms with van der Waals surface area (Å²) in [6, 6.07) is 11.6. The molecule has 2 heterocycles. The van der Waals surface area contributed by atoms with Gasteiger partial charge in [-0.2, -0.15) is 10.5 Å². The molecule has 0 N–H and O–H groups in total. The van der Waals surface area contributed by atoms with E-state index in [4.69, 9.17) is 22.7 Å². The Morgan fingerprint density at radius 3 is 2.50 bits per heavy atom. The summed E-state index contributed by atoms with van der Waals surface area (Å²) in [5.74, 6) is 0.510. The summed E-state index contributed by atoms with van der Waals surface area (Å²) in [5, 5.41) is 23.0. The molecular weight excluding hydrogens is 374 g/mol. The number of nitriles is 2. The molecule has 0 atom stereocenters. The first-order chi connectivity index (χ1) is 13.6. The molecule has 3 rings (SSSR count). The summed E-state index contributed by atoms with van der Waals surface area (Å²) < 4.78 is 5.63. The molecule has 0 aliphatic rings. The van der Waals surface area contributed by atoms with Crippen molar-refractivity contribution in [3.05, 3.63) is 39.4 Å². The summed E-state index contributed by atoms with van der Waals surface area (Å²) in [7, 11) is 0. The van der Waals surface area contributed by atoms with Crippen molar-refractivity contribution in [2.24, 2.45) is 0 Å². The molecule has 2 aromatic heterocycles. The molecule has 0 saturated heterocycles. The number of aryl methyl sites for hydroxylation is 1. The second-order valence-electron chi connectivity index (χ2n) is 6.47. The van der Waals surface area contributed by atoms with Crippen LogP contribution in [0.25, 0.3) is 16.7 Å². The Balaban J connectivity index is 2.16. The van der Waals surface area contributed by atoms with E-state index in [1.807, 2.05) is 34.4 Å². The third kappa shape index (κ3) is 3.68. The molecule has 0 saturated carbocycles. The highest BCUT2D eigenvalue weighted by molar-refractivity contribution is 7.71. The Morgan fingerprint density at radius 2 is 1.86 bits per heavy atom. The first kappa shape index (κ1) is 19.7. The Bertz CT molecular complexity index is 1170. The highest BCUT2D eigenvalue weighted by atomic mass is 32.1. The highest BCUT2D eigenvalue weighted by Gasteiger charge is 2.16. The highest BCUT2D eigenvalue weighted by Crippen LogP contribution is 2.15. The largest absolute Gasteiger partial charge is 0.282 e. The molecule has 0 fully saturated rings. The van der Waals surface area contributed by atoms with Crippen LogP contribution in [0.2, 0.25) is 0 Å². The number of hydrogen-bond donors (Lipinski definition) is 0. The summed E-state index contributed by atoms with van der Waals surface area (Å²) in [4.78, 5) is 14.9. The van der Waals surface area contributed by atoms with Gasteiger partial charge >= 0.3 is 0 Å². The van der Waals surface area contributed by atoms with E-state index in [1.165, 1.54) is 0 Å². The van der Waals surface area contributed by atoms with Crippen LogP contribution in [0, 0.1) is 27.4 Å². The number of fused-ring (bicyclic) bond motifs is 3. The Morgan fingerprint density at radius 1 is 1.18 bits per heavy atom. The first-order valence-corrected chi connectivity index (χ1v) is 9.60. The summed E-state index contributed by atoms with van der Waals surface area (Å²) >= 11 is 5.68. The second-order valence-corrected chi connectivity index (χ2v) is 6.83. The van der Waals surface area contributed by atoms with Crippen LogP contribution in [0.1, 0.15) is 26.2 Å².